The van der Waals surface area contributed by atoms with E-state index in [1.54, 1.807) is 7.05 Å². The van der Waals surface area contributed by atoms with Crippen LogP contribution in [-0.2, 0) is 20.1 Å². The first-order valence-corrected chi connectivity index (χ1v) is 8.52. The van der Waals surface area contributed by atoms with Crippen molar-refractivity contribution in [1.29, 1.82) is 0 Å². The SMILES string of the molecule is CN=C(NCCCn1ccc2ccccc21)NCc1nnc(C)n1C. The van der Waals surface area contributed by atoms with Crippen LogP contribution in [0.25, 0.3) is 10.9 Å². The average molecular weight is 339 g/mol. The van der Waals surface area contributed by atoms with Gasteiger partial charge >= 0.3 is 0 Å². The predicted molar refractivity (Wildman–Crippen MR) is 100 cm³/mol. The van der Waals surface area contributed by atoms with E-state index in [1.165, 1.54) is 10.9 Å². The highest BCUT2D eigenvalue weighted by Crippen LogP contribution is 2.15. The summed E-state index contributed by atoms with van der Waals surface area (Å²) in [5.74, 6) is 2.57. The molecule has 132 valence electrons. The van der Waals surface area contributed by atoms with Crippen LogP contribution in [-0.4, -0.2) is 38.9 Å². The van der Waals surface area contributed by atoms with E-state index < -0.39 is 0 Å². The van der Waals surface area contributed by atoms with Gasteiger partial charge in [0.2, 0.25) is 0 Å². The van der Waals surface area contributed by atoms with Gasteiger partial charge in [0.1, 0.15) is 5.82 Å². The number of benzene rings is 1. The molecular weight excluding hydrogens is 314 g/mol. The molecule has 0 saturated carbocycles. The van der Waals surface area contributed by atoms with Crippen molar-refractivity contribution in [3.8, 4) is 0 Å². The fraction of sp³-hybridized carbons (Fsp3) is 0.389. The first-order valence-electron chi connectivity index (χ1n) is 8.52. The van der Waals surface area contributed by atoms with Gasteiger partial charge in [-0.2, -0.15) is 0 Å². The molecule has 3 rings (SSSR count). The molecule has 0 aliphatic carbocycles. The lowest BCUT2D eigenvalue weighted by Gasteiger charge is -2.12. The van der Waals surface area contributed by atoms with Crippen molar-refractivity contribution in [3.63, 3.8) is 0 Å². The third-order valence-corrected chi connectivity index (χ3v) is 4.37. The van der Waals surface area contributed by atoms with E-state index in [2.05, 4.69) is 66.9 Å². The summed E-state index contributed by atoms with van der Waals surface area (Å²) in [5.41, 5.74) is 1.28. The maximum atomic E-state index is 4.25. The topological polar surface area (TPSA) is 72.1 Å². The summed E-state index contributed by atoms with van der Waals surface area (Å²) in [4.78, 5) is 4.25. The van der Waals surface area contributed by atoms with Crippen molar-refractivity contribution in [2.45, 2.75) is 26.4 Å². The summed E-state index contributed by atoms with van der Waals surface area (Å²) >= 11 is 0. The first-order chi connectivity index (χ1) is 12.2. The Hall–Kier alpha value is -2.83. The molecule has 0 saturated heterocycles. The lowest BCUT2D eigenvalue weighted by molar-refractivity contribution is 0.637. The van der Waals surface area contributed by atoms with Crippen LogP contribution < -0.4 is 10.6 Å². The molecule has 0 aliphatic heterocycles. The van der Waals surface area contributed by atoms with E-state index in [0.717, 1.165) is 37.1 Å². The molecule has 0 unspecified atom stereocenters. The Kier molecular flexibility index (Phi) is 5.33. The number of hydrogen-bond acceptors (Lipinski definition) is 3. The number of aryl methyl sites for hydroxylation is 2. The van der Waals surface area contributed by atoms with Gasteiger partial charge in [0.15, 0.2) is 11.8 Å². The fourth-order valence-electron chi connectivity index (χ4n) is 2.78. The van der Waals surface area contributed by atoms with Crippen molar-refractivity contribution in [3.05, 3.63) is 48.2 Å². The number of rotatable bonds is 6. The van der Waals surface area contributed by atoms with Gasteiger partial charge in [-0.15, -0.1) is 10.2 Å². The lowest BCUT2D eigenvalue weighted by atomic mass is 10.2. The van der Waals surface area contributed by atoms with Crippen LogP contribution in [0.15, 0.2) is 41.5 Å². The maximum absolute atomic E-state index is 4.25. The van der Waals surface area contributed by atoms with Crippen molar-refractivity contribution in [2.24, 2.45) is 12.0 Å². The third kappa shape index (κ3) is 3.99. The first kappa shape index (κ1) is 17.0. The van der Waals surface area contributed by atoms with E-state index in [-0.39, 0.29) is 0 Å². The van der Waals surface area contributed by atoms with Crippen LogP contribution >= 0.6 is 0 Å². The minimum absolute atomic E-state index is 0.596. The summed E-state index contributed by atoms with van der Waals surface area (Å²) in [6.45, 7) is 4.36. The van der Waals surface area contributed by atoms with Crippen LogP contribution in [0.5, 0.6) is 0 Å². The van der Waals surface area contributed by atoms with Gasteiger partial charge in [-0.05, 0) is 30.9 Å². The van der Waals surface area contributed by atoms with Crippen molar-refractivity contribution < 1.29 is 0 Å². The number of nitrogens with zero attached hydrogens (tertiary/aromatic N) is 5. The van der Waals surface area contributed by atoms with Crippen molar-refractivity contribution in [2.75, 3.05) is 13.6 Å². The molecule has 0 radical (unpaired) electrons. The minimum atomic E-state index is 0.596. The summed E-state index contributed by atoms with van der Waals surface area (Å²) < 4.78 is 4.26. The van der Waals surface area contributed by atoms with E-state index in [1.807, 2.05) is 18.5 Å². The zero-order chi connectivity index (χ0) is 17.6. The van der Waals surface area contributed by atoms with E-state index in [0.29, 0.717) is 6.54 Å². The van der Waals surface area contributed by atoms with Crippen LogP contribution in [0, 0.1) is 6.92 Å². The molecule has 2 aromatic heterocycles. The number of para-hydroxylation sites is 1. The number of guanidine groups is 1. The van der Waals surface area contributed by atoms with Gasteiger partial charge in [0.25, 0.3) is 0 Å². The highest BCUT2D eigenvalue weighted by molar-refractivity contribution is 5.80. The van der Waals surface area contributed by atoms with E-state index >= 15 is 0 Å². The van der Waals surface area contributed by atoms with E-state index in [9.17, 15) is 0 Å². The second-order valence-corrected chi connectivity index (χ2v) is 6.00. The molecule has 0 atom stereocenters. The maximum Gasteiger partial charge on any atom is 0.191 e. The quantitative estimate of drug-likeness (QED) is 0.408. The Morgan fingerprint density at radius 2 is 2.00 bits per heavy atom. The number of nitrogens with one attached hydrogen (secondary N) is 2. The van der Waals surface area contributed by atoms with Crippen LogP contribution in [0.2, 0.25) is 0 Å². The van der Waals surface area contributed by atoms with Crippen LogP contribution in [0.3, 0.4) is 0 Å². The molecular formula is C18H25N7. The zero-order valence-electron chi connectivity index (χ0n) is 15.0. The molecule has 7 nitrogen and oxygen atoms in total. The second kappa shape index (κ2) is 7.83. The van der Waals surface area contributed by atoms with Crippen LogP contribution in [0.4, 0.5) is 0 Å². The molecule has 1 aromatic carbocycles. The Morgan fingerprint density at radius 1 is 1.16 bits per heavy atom. The van der Waals surface area contributed by atoms with Gasteiger partial charge < -0.3 is 19.8 Å². The Labute approximate surface area is 147 Å². The smallest absolute Gasteiger partial charge is 0.191 e. The molecule has 2 heterocycles. The highest BCUT2D eigenvalue weighted by atomic mass is 15.3. The molecule has 0 spiro atoms. The van der Waals surface area contributed by atoms with Crippen LogP contribution in [0.1, 0.15) is 18.1 Å². The molecule has 0 amide bonds. The summed E-state index contributed by atoms with van der Waals surface area (Å²) in [5, 5.41) is 16.1. The largest absolute Gasteiger partial charge is 0.356 e. The van der Waals surface area contributed by atoms with Crippen molar-refractivity contribution in [1.82, 2.24) is 30.0 Å². The molecule has 7 heteroatoms. The molecule has 0 aliphatic rings. The Bertz CT molecular complexity index is 859. The molecule has 25 heavy (non-hydrogen) atoms. The second-order valence-electron chi connectivity index (χ2n) is 6.00. The van der Waals surface area contributed by atoms with Crippen molar-refractivity contribution >= 4 is 16.9 Å². The average Bonchev–Trinajstić information content (AvgIpc) is 3.19. The standard InChI is InChI=1S/C18H25N7/c1-14-22-23-17(24(14)3)13-21-18(19-2)20-10-6-11-25-12-9-15-7-4-5-8-16(15)25/h4-5,7-9,12H,6,10-11,13H2,1-3H3,(H2,19,20,21). The van der Waals surface area contributed by atoms with E-state index in [4.69, 9.17) is 0 Å². The zero-order valence-corrected chi connectivity index (χ0v) is 15.0. The summed E-state index contributed by atoms with van der Waals surface area (Å²) in [6, 6.07) is 10.6. The summed E-state index contributed by atoms with van der Waals surface area (Å²) in [6.07, 6.45) is 3.16. The minimum Gasteiger partial charge on any atom is -0.356 e. The van der Waals surface area contributed by atoms with Gasteiger partial charge in [-0.1, -0.05) is 18.2 Å². The van der Waals surface area contributed by atoms with Gasteiger partial charge in [-0.25, -0.2) is 0 Å². The molecule has 0 bridgehead atoms. The lowest BCUT2D eigenvalue weighted by Crippen LogP contribution is -2.38. The fourth-order valence-corrected chi connectivity index (χ4v) is 2.78. The number of aromatic nitrogens is 4. The molecule has 0 fully saturated rings. The predicted octanol–water partition coefficient (Wildman–Crippen LogP) is 1.83. The number of aliphatic imine (C=N–C) groups is 1. The molecule has 2 N–H and O–H groups in total. The third-order valence-electron chi connectivity index (χ3n) is 4.37. The van der Waals surface area contributed by atoms with Gasteiger partial charge in [0.05, 0.1) is 6.54 Å². The monoisotopic (exact) mass is 339 g/mol. The Morgan fingerprint density at radius 3 is 2.76 bits per heavy atom. The van der Waals surface area contributed by atoms with Gasteiger partial charge in [0, 0.05) is 38.9 Å². The highest BCUT2D eigenvalue weighted by Gasteiger charge is 2.06. The summed E-state index contributed by atoms with van der Waals surface area (Å²) in [7, 11) is 3.74. The number of hydrogen-bond donors (Lipinski definition) is 2. The molecule has 3 aromatic rings. The number of fused-ring (bicyclic) bond motifs is 1. The normalized spacial score (nSPS) is 11.9. The van der Waals surface area contributed by atoms with Gasteiger partial charge in [-0.3, -0.25) is 4.99 Å². The Balaban J connectivity index is 1.45.